The Morgan fingerprint density at radius 1 is 1.45 bits per heavy atom. The van der Waals surface area contributed by atoms with E-state index < -0.39 is 21.4 Å². The van der Waals surface area contributed by atoms with Gasteiger partial charge >= 0.3 is 0 Å². The van der Waals surface area contributed by atoms with Crippen LogP contribution in [0, 0.1) is 11.7 Å². The summed E-state index contributed by atoms with van der Waals surface area (Å²) in [6.45, 7) is 5.81. The van der Waals surface area contributed by atoms with Gasteiger partial charge in [-0.3, -0.25) is 0 Å². The van der Waals surface area contributed by atoms with Crippen molar-refractivity contribution in [2.45, 2.75) is 37.6 Å². The molecule has 0 aliphatic carbocycles. The standard InChI is InChI=1S/C13H20BrFN2O2S/c1-9(2)7-13(3,8-16)17-20(18,19)11-6-4-5-10(14)12(11)15/h4-6,9,17H,7-8,16H2,1-3H3. The van der Waals surface area contributed by atoms with Crippen molar-refractivity contribution in [3.8, 4) is 0 Å². The molecule has 7 heteroatoms. The molecule has 0 saturated heterocycles. The zero-order valence-electron chi connectivity index (χ0n) is 11.8. The highest BCUT2D eigenvalue weighted by Crippen LogP contribution is 2.25. The van der Waals surface area contributed by atoms with E-state index in [2.05, 4.69) is 20.7 Å². The first-order valence-corrected chi connectivity index (χ1v) is 8.57. The van der Waals surface area contributed by atoms with Gasteiger partial charge in [0.2, 0.25) is 10.0 Å². The van der Waals surface area contributed by atoms with Gasteiger partial charge in [0.15, 0.2) is 5.82 Å². The molecule has 0 aromatic heterocycles. The highest BCUT2D eigenvalue weighted by molar-refractivity contribution is 9.10. The SMILES string of the molecule is CC(C)CC(C)(CN)NS(=O)(=O)c1cccc(Br)c1F. The van der Waals surface area contributed by atoms with E-state index in [1.54, 1.807) is 6.92 Å². The smallest absolute Gasteiger partial charge is 0.244 e. The Morgan fingerprint density at radius 2 is 2.05 bits per heavy atom. The van der Waals surface area contributed by atoms with Crippen LogP contribution in [0.25, 0.3) is 0 Å². The van der Waals surface area contributed by atoms with Gasteiger partial charge in [-0.1, -0.05) is 19.9 Å². The van der Waals surface area contributed by atoms with Crippen molar-refractivity contribution < 1.29 is 12.8 Å². The van der Waals surface area contributed by atoms with Gasteiger partial charge in [0.1, 0.15) is 4.90 Å². The van der Waals surface area contributed by atoms with Gasteiger partial charge in [0.05, 0.1) is 4.47 Å². The topological polar surface area (TPSA) is 72.2 Å². The number of hydrogen-bond donors (Lipinski definition) is 2. The number of nitrogens with two attached hydrogens (primary N) is 1. The molecular weight excluding hydrogens is 347 g/mol. The first-order chi connectivity index (χ1) is 9.11. The van der Waals surface area contributed by atoms with Gasteiger partial charge in [0.25, 0.3) is 0 Å². The van der Waals surface area contributed by atoms with Crippen LogP contribution in [0.3, 0.4) is 0 Å². The normalized spacial score (nSPS) is 15.3. The van der Waals surface area contributed by atoms with E-state index >= 15 is 0 Å². The minimum Gasteiger partial charge on any atom is -0.329 e. The molecule has 0 aliphatic rings. The Bertz CT molecular complexity index is 578. The molecule has 0 saturated carbocycles. The lowest BCUT2D eigenvalue weighted by Crippen LogP contribution is -2.52. The molecule has 0 fully saturated rings. The Balaban J connectivity index is 3.14. The second-order valence-electron chi connectivity index (χ2n) is 5.52. The average Bonchev–Trinajstić information content (AvgIpc) is 2.30. The lowest BCUT2D eigenvalue weighted by atomic mass is 9.92. The summed E-state index contributed by atoms with van der Waals surface area (Å²) in [4.78, 5) is -0.379. The summed E-state index contributed by atoms with van der Waals surface area (Å²) in [6, 6.07) is 4.16. The molecule has 0 aliphatic heterocycles. The van der Waals surface area contributed by atoms with E-state index in [-0.39, 0.29) is 21.8 Å². The van der Waals surface area contributed by atoms with Gasteiger partial charge in [-0.05, 0) is 47.3 Å². The quantitative estimate of drug-likeness (QED) is 0.812. The van der Waals surface area contributed by atoms with E-state index in [1.807, 2.05) is 13.8 Å². The summed E-state index contributed by atoms with van der Waals surface area (Å²) in [7, 11) is -3.96. The average molecular weight is 367 g/mol. The van der Waals surface area contributed by atoms with Crippen LogP contribution in [-0.2, 0) is 10.0 Å². The minimum absolute atomic E-state index is 0.110. The predicted molar refractivity (Wildman–Crippen MR) is 81.3 cm³/mol. The molecule has 1 atom stereocenters. The molecule has 0 spiro atoms. The van der Waals surface area contributed by atoms with Gasteiger partial charge in [0, 0.05) is 12.1 Å². The molecule has 0 amide bonds. The predicted octanol–water partition coefficient (Wildman–Crippen LogP) is 2.63. The van der Waals surface area contributed by atoms with Gasteiger partial charge in [-0.2, -0.15) is 0 Å². The molecular formula is C13H20BrFN2O2S. The van der Waals surface area contributed by atoms with E-state index in [9.17, 15) is 12.8 Å². The zero-order valence-corrected chi connectivity index (χ0v) is 14.2. The van der Waals surface area contributed by atoms with Crippen LogP contribution in [0.5, 0.6) is 0 Å². The Labute approximate surface area is 128 Å². The first kappa shape index (κ1) is 17.6. The van der Waals surface area contributed by atoms with Crippen LogP contribution < -0.4 is 10.5 Å². The van der Waals surface area contributed by atoms with Crippen LogP contribution in [0.15, 0.2) is 27.6 Å². The number of halogens is 2. The third kappa shape index (κ3) is 4.25. The van der Waals surface area contributed by atoms with Crippen molar-refractivity contribution in [3.05, 3.63) is 28.5 Å². The summed E-state index contributed by atoms with van der Waals surface area (Å²) in [5, 5.41) is 0. The summed E-state index contributed by atoms with van der Waals surface area (Å²) in [5.41, 5.74) is 4.87. The second kappa shape index (κ2) is 6.51. The molecule has 1 aromatic carbocycles. The minimum atomic E-state index is -3.96. The maximum atomic E-state index is 13.9. The van der Waals surface area contributed by atoms with Crippen molar-refractivity contribution in [2.24, 2.45) is 11.7 Å². The van der Waals surface area contributed by atoms with E-state index in [0.717, 1.165) is 0 Å². The highest BCUT2D eigenvalue weighted by atomic mass is 79.9. The molecule has 4 nitrogen and oxygen atoms in total. The Morgan fingerprint density at radius 3 is 2.55 bits per heavy atom. The zero-order chi connectivity index (χ0) is 15.6. The molecule has 1 unspecified atom stereocenters. The summed E-state index contributed by atoms with van der Waals surface area (Å²) < 4.78 is 41.2. The molecule has 0 heterocycles. The maximum Gasteiger partial charge on any atom is 0.244 e. The number of rotatable bonds is 6. The number of sulfonamides is 1. The summed E-state index contributed by atoms with van der Waals surface area (Å²) in [5.74, 6) is -0.539. The fraction of sp³-hybridized carbons (Fsp3) is 0.538. The van der Waals surface area contributed by atoms with Crippen molar-refractivity contribution in [1.29, 1.82) is 0 Å². The van der Waals surface area contributed by atoms with Crippen molar-refractivity contribution in [3.63, 3.8) is 0 Å². The monoisotopic (exact) mass is 366 g/mol. The largest absolute Gasteiger partial charge is 0.329 e. The third-order valence-corrected chi connectivity index (χ3v) is 5.16. The molecule has 3 N–H and O–H groups in total. The van der Waals surface area contributed by atoms with Crippen molar-refractivity contribution in [2.75, 3.05) is 6.54 Å². The molecule has 0 bridgehead atoms. The fourth-order valence-corrected chi connectivity index (χ4v) is 4.17. The van der Waals surface area contributed by atoms with E-state index in [0.29, 0.717) is 6.42 Å². The lowest BCUT2D eigenvalue weighted by molar-refractivity contribution is 0.344. The fourth-order valence-electron chi connectivity index (χ4n) is 2.14. The van der Waals surface area contributed by atoms with Crippen LogP contribution in [0.2, 0.25) is 0 Å². The molecule has 0 radical (unpaired) electrons. The van der Waals surface area contributed by atoms with Gasteiger partial charge in [-0.25, -0.2) is 17.5 Å². The molecule has 20 heavy (non-hydrogen) atoms. The molecule has 114 valence electrons. The van der Waals surface area contributed by atoms with Crippen LogP contribution in [-0.4, -0.2) is 20.5 Å². The van der Waals surface area contributed by atoms with E-state index in [1.165, 1.54) is 18.2 Å². The summed E-state index contributed by atoms with van der Waals surface area (Å²) in [6.07, 6.45) is 0.568. The van der Waals surface area contributed by atoms with Gasteiger partial charge in [-0.15, -0.1) is 0 Å². The number of benzene rings is 1. The van der Waals surface area contributed by atoms with Crippen LogP contribution in [0.1, 0.15) is 27.2 Å². The lowest BCUT2D eigenvalue weighted by Gasteiger charge is -2.30. The maximum absolute atomic E-state index is 13.9. The molecule has 1 rings (SSSR count). The van der Waals surface area contributed by atoms with E-state index in [4.69, 9.17) is 5.73 Å². The molecule has 1 aromatic rings. The van der Waals surface area contributed by atoms with Crippen molar-refractivity contribution in [1.82, 2.24) is 4.72 Å². The third-order valence-electron chi connectivity index (χ3n) is 2.90. The van der Waals surface area contributed by atoms with Crippen LogP contribution in [0.4, 0.5) is 4.39 Å². The van der Waals surface area contributed by atoms with Crippen molar-refractivity contribution >= 4 is 26.0 Å². The number of nitrogens with one attached hydrogen (secondary N) is 1. The Hall–Kier alpha value is -0.500. The highest BCUT2D eigenvalue weighted by Gasteiger charge is 2.32. The first-order valence-electron chi connectivity index (χ1n) is 6.29. The second-order valence-corrected chi connectivity index (χ2v) is 8.03. The Kier molecular flexibility index (Phi) is 5.71. The van der Waals surface area contributed by atoms with Crippen LogP contribution >= 0.6 is 15.9 Å². The van der Waals surface area contributed by atoms with Gasteiger partial charge < -0.3 is 5.73 Å². The number of hydrogen-bond acceptors (Lipinski definition) is 3. The summed E-state index contributed by atoms with van der Waals surface area (Å²) >= 11 is 2.98.